The number of aromatic nitrogens is 1. The third kappa shape index (κ3) is 5.06. The summed E-state index contributed by atoms with van der Waals surface area (Å²) < 4.78 is 31.2. The van der Waals surface area contributed by atoms with Crippen molar-refractivity contribution in [3.8, 4) is 39.6 Å². The highest BCUT2D eigenvalue weighted by atomic mass is 28.3. The SMILES string of the molecule is [2H]C([2H])([2H])c1c(C#N)ccc2c1oc1c(-c3cc(-c4ccc(-c5c(C(C)C)cccc5C(C)C)cc4)ccn3)ccc([Si](C)(C)C)c12. The summed E-state index contributed by atoms with van der Waals surface area (Å²) in [7, 11) is -1.89. The van der Waals surface area contributed by atoms with Crippen molar-refractivity contribution in [2.45, 2.75) is 66.0 Å². The van der Waals surface area contributed by atoms with Crippen molar-refractivity contribution in [2.24, 2.45) is 0 Å². The Bertz CT molecular complexity index is 2150. The van der Waals surface area contributed by atoms with Crippen molar-refractivity contribution in [1.29, 1.82) is 5.26 Å². The maximum Gasteiger partial charge on any atom is 0.144 e. The lowest BCUT2D eigenvalue weighted by Gasteiger charge is -2.20. The van der Waals surface area contributed by atoms with Gasteiger partial charge in [-0.25, -0.2) is 0 Å². The summed E-state index contributed by atoms with van der Waals surface area (Å²) in [5.41, 5.74) is 9.80. The fraction of sp³-hybridized carbons (Fsp3) is 0.250. The number of hydrogen-bond donors (Lipinski definition) is 0. The van der Waals surface area contributed by atoms with Crippen molar-refractivity contribution in [1.82, 2.24) is 4.98 Å². The lowest BCUT2D eigenvalue weighted by Crippen LogP contribution is -2.37. The first-order chi connectivity index (χ1) is 22.2. The average Bonchev–Trinajstić information content (AvgIpc) is 3.41. The Morgan fingerprint density at radius 2 is 1.48 bits per heavy atom. The molecule has 44 heavy (non-hydrogen) atoms. The molecule has 6 rings (SSSR count). The summed E-state index contributed by atoms with van der Waals surface area (Å²) in [5, 5.41) is 12.6. The second-order valence-electron chi connectivity index (χ2n) is 13.3. The molecule has 0 bridgehead atoms. The number of hydrogen-bond acceptors (Lipinski definition) is 3. The van der Waals surface area contributed by atoms with E-state index in [4.69, 9.17) is 13.5 Å². The molecule has 4 aromatic carbocycles. The molecule has 2 aromatic heterocycles. The predicted molar refractivity (Wildman–Crippen MR) is 188 cm³/mol. The summed E-state index contributed by atoms with van der Waals surface area (Å²) in [5.74, 6) is 0.826. The molecule has 6 aromatic rings. The monoisotopic (exact) mass is 595 g/mol. The quantitative estimate of drug-likeness (QED) is 0.180. The summed E-state index contributed by atoms with van der Waals surface area (Å²) in [6.45, 7) is 13.3. The van der Waals surface area contributed by atoms with Crippen LogP contribution < -0.4 is 5.19 Å². The van der Waals surface area contributed by atoms with Gasteiger partial charge in [0.2, 0.25) is 0 Å². The first-order valence-electron chi connectivity index (χ1n) is 16.8. The highest BCUT2D eigenvalue weighted by molar-refractivity contribution is 6.90. The molecule has 3 nitrogen and oxygen atoms in total. The highest BCUT2D eigenvalue weighted by Crippen LogP contribution is 2.39. The van der Waals surface area contributed by atoms with Gasteiger partial charge >= 0.3 is 0 Å². The second kappa shape index (κ2) is 11.2. The van der Waals surface area contributed by atoms with Crippen LogP contribution in [0.2, 0.25) is 19.6 Å². The van der Waals surface area contributed by atoms with Gasteiger partial charge in [-0.1, -0.05) is 95.9 Å². The molecule has 2 heterocycles. The molecule has 0 N–H and O–H groups in total. The van der Waals surface area contributed by atoms with Crippen molar-refractivity contribution in [2.75, 3.05) is 0 Å². The molecule has 0 fully saturated rings. The Balaban J connectivity index is 1.51. The second-order valence-corrected chi connectivity index (χ2v) is 18.4. The number of nitriles is 1. The van der Waals surface area contributed by atoms with E-state index < -0.39 is 14.9 Å². The van der Waals surface area contributed by atoms with E-state index in [0.717, 1.165) is 33.2 Å². The Morgan fingerprint density at radius 3 is 2.09 bits per heavy atom. The maximum atomic E-state index is 9.78. The molecule has 0 amide bonds. The number of pyridine rings is 1. The van der Waals surface area contributed by atoms with Crippen LogP contribution in [0.3, 0.4) is 0 Å². The third-order valence-corrected chi connectivity index (χ3v) is 10.7. The summed E-state index contributed by atoms with van der Waals surface area (Å²) in [6.07, 6.45) is 1.81. The Morgan fingerprint density at radius 1 is 0.795 bits per heavy atom. The predicted octanol–water partition coefficient (Wildman–Crippen LogP) is 11.0. The van der Waals surface area contributed by atoms with Crippen LogP contribution in [-0.4, -0.2) is 13.1 Å². The lowest BCUT2D eigenvalue weighted by atomic mass is 9.84. The minimum absolute atomic E-state index is 0.0392. The summed E-state index contributed by atoms with van der Waals surface area (Å²) in [6, 6.07) is 29.2. The van der Waals surface area contributed by atoms with E-state index >= 15 is 0 Å². The normalized spacial score (nSPS) is 13.3. The summed E-state index contributed by atoms with van der Waals surface area (Å²) >= 11 is 0. The minimum atomic E-state index is -2.51. The Hall–Kier alpha value is -4.46. The Kier molecular flexibility index (Phi) is 6.63. The van der Waals surface area contributed by atoms with Crippen LogP contribution in [0.5, 0.6) is 0 Å². The smallest absolute Gasteiger partial charge is 0.144 e. The van der Waals surface area contributed by atoms with Crippen LogP contribution in [0.4, 0.5) is 0 Å². The molecule has 0 spiro atoms. The van der Waals surface area contributed by atoms with Gasteiger partial charge in [-0.15, -0.1) is 0 Å². The van der Waals surface area contributed by atoms with Crippen LogP contribution in [0.1, 0.15) is 65.9 Å². The number of nitrogens with zero attached hydrogens (tertiary/aromatic N) is 2. The first-order valence-corrected chi connectivity index (χ1v) is 18.8. The van der Waals surface area contributed by atoms with Gasteiger partial charge < -0.3 is 4.42 Å². The van der Waals surface area contributed by atoms with Gasteiger partial charge in [0.05, 0.1) is 25.4 Å². The van der Waals surface area contributed by atoms with Crippen LogP contribution in [0.15, 0.2) is 89.5 Å². The minimum Gasteiger partial charge on any atom is -0.455 e. The molecule has 0 unspecified atom stereocenters. The number of fused-ring (bicyclic) bond motifs is 3. The molecular formula is C40H40N2OSi. The van der Waals surface area contributed by atoms with Gasteiger partial charge in [-0.3, -0.25) is 4.98 Å². The van der Waals surface area contributed by atoms with Crippen molar-refractivity contribution < 1.29 is 8.53 Å². The number of benzene rings is 4. The van der Waals surface area contributed by atoms with Gasteiger partial charge in [0.25, 0.3) is 0 Å². The van der Waals surface area contributed by atoms with Crippen molar-refractivity contribution in [3.63, 3.8) is 0 Å². The fourth-order valence-electron chi connectivity index (χ4n) is 6.33. The van der Waals surface area contributed by atoms with E-state index in [1.54, 1.807) is 6.07 Å². The molecule has 0 radical (unpaired) electrons. The standard InChI is InChI=1S/C40H40N2OSi/c1-24(2)31-10-9-11-32(25(3)4)37(31)28-14-12-27(13-15-28)29-20-21-42-35(22-29)33-18-19-36(44(6,7)8)38-34-17-16-30(23-41)26(5)39(34)43-40(33)38/h9-22,24-25H,1-8H3/i5D3. The molecule has 0 aliphatic rings. The first kappa shape index (κ1) is 26.0. The molecule has 0 aliphatic heterocycles. The van der Waals surface area contributed by atoms with Crippen LogP contribution >= 0.6 is 0 Å². The number of rotatable bonds is 6. The zero-order chi connectivity index (χ0) is 33.8. The fourth-order valence-corrected chi connectivity index (χ4v) is 7.92. The molecule has 0 saturated heterocycles. The molecule has 220 valence electrons. The largest absolute Gasteiger partial charge is 0.455 e. The third-order valence-electron chi connectivity index (χ3n) is 8.63. The van der Waals surface area contributed by atoms with Crippen LogP contribution in [-0.2, 0) is 0 Å². The molecule has 0 aliphatic carbocycles. The summed E-state index contributed by atoms with van der Waals surface area (Å²) in [4.78, 5) is 4.77. The van der Waals surface area contributed by atoms with Gasteiger partial charge in [-0.2, -0.15) is 5.26 Å². The zero-order valence-corrected chi connectivity index (χ0v) is 27.5. The van der Waals surface area contributed by atoms with Crippen molar-refractivity contribution in [3.05, 3.63) is 107 Å². The van der Waals surface area contributed by atoms with Gasteiger partial charge in [0, 0.05) is 32.2 Å². The van der Waals surface area contributed by atoms with E-state index in [0.29, 0.717) is 17.4 Å². The van der Waals surface area contributed by atoms with E-state index in [2.05, 4.69) is 108 Å². The van der Waals surface area contributed by atoms with E-state index in [9.17, 15) is 5.26 Å². The number of aryl methyl sites for hydroxylation is 1. The molecular weight excluding hydrogens is 553 g/mol. The van der Waals surface area contributed by atoms with Gasteiger partial charge in [0.1, 0.15) is 11.2 Å². The topological polar surface area (TPSA) is 49.8 Å². The highest BCUT2D eigenvalue weighted by Gasteiger charge is 2.26. The van der Waals surface area contributed by atoms with Crippen LogP contribution in [0, 0.1) is 18.2 Å². The Labute approximate surface area is 266 Å². The van der Waals surface area contributed by atoms with E-state index in [1.807, 2.05) is 24.4 Å². The molecule has 0 atom stereocenters. The maximum absolute atomic E-state index is 9.78. The lowest BCUT2D eigenvalue weighted by molar-refractivity contribution is 0.666. The van der Waals surface area contributed by atoms with E-state index in [1.165, 1.54) is 27.4 Å². The molecule has 0 saturated carbocycles. The number of furan rings is 1. The van der Waals surface area contributed by atoms with Crippen molar-refractivity contribution >= 4 is 35.2 Å². The zero-order valence-electron chi connectivity index (χ0n) is 29.5. The van der Waals surface area contributed by atoms with Gasteiger partial charge in [0.15, 0.2) is 0 Å². The average molecular weight is 596 g/mol. The molecule has 4 heteroatoms. The van der Waals surface area contributed by atoms with Gasteiger partial charge in [-0.05, 0) is 87.6 Å². The van der Waals surface area contributed by atoms with E-state index in [-0.39, 0.29) is 16.7 Å². The van der Waals surface area contributed by atoms with Crippen LogP contribution in [0.25, 0.3) is 55.4 Å².